The normalized spacial score (nSPS) is 16.4. The Morgan fingerprint density at radius 2 is 2.05 bits per heavy atom. The standard InChI is InChI=1S/C15H19F3N2O2/c1-20(14(21)12-5-7-19-8-6-12)10-11-3-2-4-13(9-11)22-15(16,17)18/h2-4,9,12,19H,5-8,10H2,1H3. The number of hydrogen-bond donors (Lipinski definition) is 1. The molecule has 1 aliphatic heterocycles. The van der Waals surface area contributed by atoms with Crippen LogP contribution in [0, 0.1) is 5.92 Å². The van der Waals surface area contributed by atoms with Crippen LogP contribution < -0.4 is 10.1 Å². The SMILES string of the molecule is CN(Cc1cccc(OC(F)(F)F)c1)C(=O)C1CCNCC1. The number of halogens is 3. The minimum atomic E-state index is -4.71. The zero-order valence-corrected chi connectivity index (χ0v) is 12.3. The van der Waals surface area contributed by atoms with E-state index in [1.54, 1.807) is 18.0 Å². The predicted octanol–water partition coefficient (Wildman–Crippen LogP) is 2.54. The van der Waals surface area contributed by atoms with E-state index in [4.69, 9.17) is 0 Å². The maximum atomic E-state index is 12.3. The Labute approximate surface area is 127 Å². The quantitative estimate of drug-likeness (QED) is 0.928. The van der Waals surface area contributed by atoms with E-state index in [2.05, 4.69) is 10.1 Å². The minimum absolute atomic E-state index is 0.0131. The largest absolute Gasteiger partial charge is 0.573 e. The van der Waals surface area contributed by atoms with Crippen molar-refractivity contribution in [2.75, 3.05) is 20.1 Å². The van der Waals surface area contributed by atoms with Crippen molar-refractivity contribution in [3.05, 3.63) is 29.8 Å². The summed E-state index contributed by atoms with van der Waals surface area (Å²) in [6, 6.07) is 5.71. The summed E-state index contributed by atoms with van der Waals surface area (Å²) in [6.45, 7) is 1.90. The number of rotatable bonds is 4. The highest BCUT2D eigenvalue weighted by Gasteiger charge is 2.31. The third kappa shape index (κ3) is 4.91. The van der Waals surface area contributed by atoms with Gasteiger partial charge in [-0.05, 0) is 43.6 Å². The molecule has 0 unspecified atom stereocenters. The van der Waals surface area contributed by atoms with Crippen molar-refractivity contribution in [1.82, 2.24) is 10.2 Å². The summed E-state index contributed by atoms with van der Waals surface area (Å²) in [5, 5.41) is 3.19. The van der Waals surface area contributed by atoms with Crippen LogP contribution in [-0.2, 0) is 11.3 Å². The molecule has 1 aromatic rings. The van der Waals surface area contributed by atoms with Crippen molar-refractivity contribution in [2.45, 2.75) is 25.7 Å². The van der Waals surface area contributed by atoms with Gasteiger partial charge in [0.2, 0.25) is 5.91 Å². The average molecular weight is 316 g/mol. The van der Waals surface area contributed by atoms with Crippen LogP contribution in [0.15, 0.2) is 24.3 Å². The van der Waals surface area contributed by atoms with Crippen LogP contribution in [0.1, 0.15) is 18.4 Å². The molecule has 1 fully saturated rings. The lowest BCUT2D eigenvalue weighted by atomic mass is 9.96. The fourth-order valence-corrected chi connectivity index (χ4v) is 2.57. The van der Waals surface area contributed by atoms with Crippen molar-refractivity contribution < 1.29 is 22.7 Å². The first kappa shape index (κ1) is 16.6. The molecule has 1 aromatic carbocycles. The Balaban J connectivity index is 1.97. The second-order valence-corrected chi connectivity index (χ2v) is 5.41. The molecule has 0 atom stereocenters. The number of benzene rings is 1. The first-order valence-corrected chi connectivity index (χ1v) is 7.15. The second-order valence-electron chi connectivity index (χ2n) is 5.41. The van der Waals surface area contributed by atoms with E-state index in [-0.39, 0.29) is 24.1 Å². The highest BCUT2D eigenvalue weighted by atomic mass is 19.4. The zero-order chi connectivity index (χ0) is 16.2. The number of alkyl halides is 3. The molecule has 0 spiro atoms. The van der Waals surface area contributed by atoms with Gasteiger partial charge in [0.1, 0.15) is 5.75 Å². The smallest absolute Gasteiger partial charge is 0.406 e. The predicted molar refractivity (Wildman–Crippen MR) is 75.2 cm³/mol. The summed E-state index contributed by atoms with van der Waals surface area (Å²) in [6.07, 6.45) is -3.13. The number of nitrogens with one attached hydrogen (secondary N) is 1. The third-order valence-electron chi connectivity index (χ3n) is 3.62. The van der Waals surface area contributed by atoms with Gasteiger partial charge < -0.3 is 15.0 Å². The number of amides is 1. The van der Waals surface area contributed by atoms with Crippen molar-refractivity contribution >= 4 is 5.91 Å². The molecule has 1 heterocycles. The fraction of sp³-hybridized carbons (Fsp3) is 0.533. The first-order valence-electron chi connectivity index (χ1n) is 7.15. The Bertz CT molecular complexity index is 514. The molecule has 1 saturated heterocycles. The van der Waals surface area contributed by atoms with Gasteiger partial charge in [0, 0.05) is 19.5 Å². The number of ether oxygens (including phenoxy) is 1. The number of hydrogen-bond acceptors (Lipinski definition) is 3. The van der Waals surface area contributed by atoms with Crippen LogP contribution in [0.5, 0.6) is 5.75 Å². The molecule has 4 nitrogen and oxygen atoms in total. The van der Waals surface area contributed by atoms with Gasteiger partial charge in [-0.2, -0.15) is 0 Å². The van der Waals surface area contributed by atoms with E-state index in [0.29, 0.717) is 5.56 Å². The lowest BCUT2D eigenvalue weighted by molar-refractivity contribution is -0.274. The van der Waals surface area contributed by atoms with Crippen LogP contribution in [0.25, 0.3) is 0 Å². The molecule has 0 aliphatic carbocycles. The van der Waals surface area contributed by atoms with Gasteiger partial charge >= 0.3 is 6.36 Å². The van der Waals surface area contributed by atoms with E-state index in [9.17, 15) is 18.0 Å². The van der Waals surface area contributed by atoms with Crippen LogP contribution in [0.4, 0.5) is 13.2 Å². The van der Waals surface area contributed by atoms with Crippen molar-refractivity contribution in [1.29, 1.82) is 0 Å². The number of nitrogens with zero attached hydrogens (tertiary/aromatic N) is 1. The topological polar surface area (TPSA) is 41.6 Å². The molecule has 2 rings (SSSR count). The molecule has 7 heteroatoms. The monoisotopic (exact) mass is 316 g/mol. The molecule has 122 valence electrons. The van der Waals surface area contributed by atoms with Crippen LogP contribution in [0.3, 0.4) is 0 Å². The maximum Gasteiger partial charge on any atom is 0.573 e. The Hall–Kier alpha value is -1.76. The summed E-state index contributed by atoms with van der Waals surface area (Å²) >= 11 is 0. The Morgan fingerprint density at radius 3 is 2.68 bits per heavy atom. The molecular formula is C15H19F3N2O2. The zero-order valence-electron chi connectivity index (χ0n) is 12.3. The third-order valence-corrected chi connectivity index (χ3v) is 3.62. The number of piperidine rings is 1. The summed E-state index contributed by atoms with van der Waals surface area (Å²) in [5.41, 5.74) is 0.603. The number of carbonyl (C=O) groups excluding carboxylic acids is 1. The van der Waals surface area contributed by atoms with Crippen LogP contribution >= 0.6 is 0 Å². The lowest BCUT2D eigenvalue weighted by Crippen LogP contribution is -2.38. The summed E-state index contributed by atoms with van der Waals surface area (Å²) in [7, 11) is 1.67. The molecular weight excluding hydrogens is 297 g/mol. The highest BCUT2D eigenvalue weighted by molar-refractivity contribution is 5.78. The van der Waals surface area contributed by atoms with Gasteiger partial charge in [-0.25, -0.2) is 0 Å². The van der Waals surface area contributed by atoms with Gasteiger partial charge in [0.15, 0.2) is 0 Å². The second kappa shape index (κ2) is 7.00. The van der Waals surface area contributed by atoms with Crippen LogP contribution in [-0.4, -0.2) is 37.3 Å². The van der Waals surface area contributed by atoms with Crippen molar-refractivity contribution in [3.63, 3.8) is 0 Å². The molecule has 1 amide bonds. The van der Waals surface area contributed by atoms with Gasteiger partial charge in [0.25, 0.3) is 0 Å². The average Bonchev–Trinajstić information content (AvgIpc) is 2.46. The van der Waals surface area contributed by atoms with Gasteiger partial charge in [-0.15, -0.1) is 13.2 Å². The van der Waals surface area contributed by atoms with E-state index in [1.807, 2.05) is 0 Å². The van der Waals surface area contributed by atoms with Gasteiger partial charge in [-0.3, -0.25) is 4.79 Å². The van der Waals surface area contributed by atoms with E-state index in [1.165, 1.54) is 18.2 Å². The van der Waals surface area contributed by atoms with Gasteiger partial charge in [-0.1, -0.05) is 12.1 Å². The molecule has 0 aromatic heterocycles. The summed E-state index contributed by atoms with van der Waals surface area (Å²) in [5.74, 6) is -0.253. The first-order chi connectivity index (χ1) is 10.3. The minimum Gasteiger partial charge on any atom is -0.406 e. The summed E-state index contributed by atoms with van der Waals surface area (Å²) < 4.78 is 40.5. The number of carbonyl (C=O) groups is 1. The van der Waals surface area contributed by atoms with Crippen molar-refractivity contribution in [2.24, 2.45) is 5.92 Å². The van der Waals surface area contributed by atoms with E-state index in [0.717, 1.165) is 25.9 Å². The van der Waals surface area contributed by atoms with Crippen molar-refractivity contribution in [3.8, 4) is 5.75 Å². The molecule has 0 saturated carbocycles. The molecule has 1 N–H and O–H groups in total. The molecule has 1 aliphatic rings. The van der Waals surface area contributed by atoms with E-state index < -0.39 is 6.36 Å². The molecule has 0 bridgehead atoms. The van der Waals surface area contributed by atoms with Gasteiger partial charge in [0.05, 0.1) is 0 Å². The maximum absolute atomic E-state index is 12.3. The lowest BCUT2D eigenvalue weighted by Gasteiger charge is -2.27. The fourth-order valence-electron chi connectivity index (χ4n) is 2.57. The van der Waals surface area contributed by atoms with E-state index >= 15 is 0 Å². The Kier molecular flexibility index (Phi) is 5.28. The molecule has 22 heavy (non-hydrogen) atoms. The summed E-state index contributed by atoms with van der Waals surface area (Å²) in [4.78, 5) is 13.9. The molecule has 0 radical (unpaired) electrons. The highest BCUT2D eigenvalue weighted by Crippen LogP contribution is 2.24. The Morgan fingerprint density at radius 1 is 1.36 bits per heavy atom. The van der Waals surface area contributed by atoms with Crippen LogP contribution in [0.2, 0.25) is 0 Å².